The highest BCUT2D eigenvalue weighted by atomic mass is 19.1. The number of aromatic nitrogens is 1. The number of nitrogens with zero attached hydrogens (tertiary/aromatic N) is 1. The number of pyridine rings is 1. The Morgan fingerprint density at radius 2 is 2.40 bits per heavy atom. The van der Waals surface area contributed by atoms with Gasteiger partial charge in [0, 0.05) is 6.07 Å². The Labute approximate surface area is 57.1 Å². The first kappa shape index (κ1) is 6.80. The molecule has 0 amide bonds. The summed E-state index contributed by atoms with van der Waals surface area (Å²) in [6.45, 7) is 0. The number of ether oxygens (including phenoxy) is 1. The normalized spacial score (nSPS) is 9.40. The number of methoxy groups -OCH3 is 1. The second-order valence-corrected chi connectivity index (χ2v) is 1.69. The summed E-state index contributed by atoms with van der Waals surface area (Å²) in [5.74, 6) is -1.06. The first-order valence-corrected chi connectivity index (χ1v) is 2.62. The first-order valence-electron chi connectivity index (χ1n) is 2.62. The van der Waals surface area contributed by atoms with Crippen molar-refractivity contribution in [2.45, 2.75) is 0 Å². The van der Waals surface area contributed by atoms with Crippen molar-refractivity contribution in [1.29, 1.82) is 0 Å². The molecule has 1 aromatic heterocycles. The summed E-state index contributed by atoms with van der Waals surface area (Å²) in [7, 11) is 1.41. The van der Waals surface area contributed by atoms with Gasteiger partial charge in [-0.1, -0.05) is 0 Å². The molecule has 4 heteroatoms. The van der Waals surface area contributed by atoms with Crippen LogP contribution in [0.1, 0.15) is 0 Å². The molecule has 0 atom stereocenters. The molecule has 1 aromatic rings. The third-order valence-corrected chi connectivity index (χ3v) is 1.03. The Balaban J connectivity index is 3.04. The van der Waals surface area contributed by atoms with Crippen molar-refractivity contribution < 1.29 is 14.2 Å². The second kappa shape index (κ2) is 2.51. The highest BCUT2D eigenvalue weighted by Crippen LogP contribution is 2.18. The van der Waals surface area contributed by atoms with E-state index in [-0.39, 0.29) is 0 Å². The molecule has 0 unspecified atom stereocenters. The monoisotopic (exact) mass is 143 g/mol. The van der Waals surface area contributed by atoms with Gasteiger partial charge < -0.3 is 9.84 Å². The molecule has 0 bridgehead atoms. The van der Waals surface area contributed by atoms with Gasteiger partial charge in [0.1, 0.15) is 5.75 Å². The maximum atomic E-state index is 12.2. The van der Waals surface area contributed by atoms with Gasteiger partial charge >= 0.3 is 0 Å². The molecular formula is C6H6FNO2. The molecule has 1 heterocycles. The van der Waals surface area contributed by atoms with E-state index in [4.69, 9.17) is 5.11 Å². The standard InChI is InChI=1S/C6H6FNO2/c1-10-4-2-5(9)6(7)8-3-4/h2-3,9H,1H3. The summed E-state index contributed by atoms with van der Waals surface area (Å²) < 4.78 is 16.9. The van der Waals surface area contributed by atoms with Gasteiger partial charge in [-0.15, -0.1) is 0 Å². The highest BCUT2D eigenvalue weighted by Gasteiger charge is 2.01. The first-order chi connectivity index (χ1) is 4.74. The lowest BCUT2D eigenvalue weighted by molar-refractivity contribution is 0.387. The number of halogens is 1. The van der Waals surface area contributed by atoms with Crippen molar-refractivity contribution in [3.05, 3.63) is 18.2 Å². The lowest BCUT2D eigenvalue weighted by Crippen LogP contribution is -1.86. The van der Waals surface area contributed by atoms with Gasteiger partial charge in [-0.05, 0) is 0 Å². The number of hydrogen-bond acceptors (Lipinski definition) is 3. The van der Waals surface area contributed by atoms with Crippen LogP contribution >= 0.6 is 0 Å². The predicted molar refractivity (Wildman–Crippen MR) is 32.4 cm³/mol. The van der Waals surface area contributed by atoms with E-state index in [1.807, 2.05) is 0 Å². The molecule has 0 aromatic carbocycles. The molecule has 0 aliphatic heterocycles. The predicted octanol–water partition coefficient (Wildman–Crippen LogP) is 0.935. The molecule has 54 valence electrons. The Hall–Kier alpha value is -1.32. The summed E-state index contributed by atoms with van der Waals surface area (Å²) in [6.07, 6.45) is 1.19. The Morgan fingerprint density at radius 3 is 2.90 bits per heavy atom. The Bertz CT molecular complexity index is 239. The van der Waals surface area contributed by atoms with E-state index in [0.29, 0.717) is 5.75 Å². The molecule has 1 N–H and O–H groups in total. The van der Waals surface area contributed by atoms with Gasteiger partial charge in [0.15, 0.2) is 5.75 Å². The van der Waals surface area contributed by atoms with Gasteiger partial charge in [0.25, 0.3) is 5.95 Å². The third kappa shape index (κ3) is 1.15. The molecule has 0 fully saturated rings. The maximum absolute atomic E-state index is 12.2. The third-order valence-electron chi connectivity index (χ3n) is 1.03. The fraction of sp³-hybridized carbons (Fsp3) is 0.167. The zero-order valence-corrected chi connectivity index (χ0v) is 5.34. The van der Waals surface area contributed by atoms with E-state index < -0.39 is 11.7 Å². The fourth-order valence-corrected chi connectivity index (χ4v) is 0.530. The number of rotatable bonds is 1. The van der Waals surface area contributed by atoms with Gasteiger partial charge in [-0.2, -0.15) is 4.39 Å². The largest absolute Gasteiger partial charge is 0.504 e. The van der Waals surface area contributed by atoms with E-state index in [1.165, 1.54) is 13.3 Å². The summed E-state index contributed by atoms with van der Waals surface area (Å²) in [6, 6.07) is 1.16. The Morgan fingerprint density at radius 1 is 1.70 bits per heavy atom. The highest BCUT2D eigenvalue weighted by molar-refractivity contribution is 5.27. The minimum absolute atomic E-state index is 0.332. The van der Waals surface area contributed by atoms with Crippen LogP contribution in [0.15, 0.2) is 12.3 Å². The van der Waals surface area contributed by atoms with E-state index in [2.05, 4.69) is 9.72 Å². The van der Waals surface area contributed by atoms with Crippen LogP contribution < -0.4 is 4.74 Å². The fourth-order valence-electron chi connectivity index (χ4n) is 0.530. The van der Waals surface area contributed by atoms with Gasteiger partial charge in [0.05, 0.1) is 13.3 Å². The molecule has 0 radical (unpaired) electrons. The van der Waals surface area contributed by atoms with E-state index in [1.54, 1.807) is 0 Å². The topological polar surface area (TPSA) is 42.4 Å². The summed E-state index contributed by atoms with van der Waals surface area (Å²) in [5.41, 5.74) is 0. The molecule has 0 aliphatic rings. The van der Waals surface area contributed by atoms with E-state index in [0.717, 1.165) is 6.07 Å². The number of aromatic hydroxyl groups is 1. The maximum Gasteiger partial charge on any atom is 0.255 e. The summed E-state index contributed by atoms with van der Waals surface area (Å²) >= 11 is 0. The SMILES string of the molecule is COc1cnc(F)c(O)c1. The molecule has 0 saturated heterocycles. The Kier molecular flexibility index (Phi) is 1.71. The van der Waals surface area contributed by atoms with Crippen LogP contribution in [-0.4, -0.2) is 17.2 Å². The molecule has 10 heavy (non-hydrogen) atoms. The molecule has 3 nitrogen and oxygen atoms in total. The lowest BCUT2D eigenvalue weighted by Gasteiger charge is -1.98. The van der Waals surface area contributed by atoms with Crippen LogP contribution in [0.2, 0.25) is 0 Å². The van der Waals surface area contributed by atoms with E-state index in [9.17, 15) is 4.39 Å². The van der Waals surface area contributed by atoms with Crippen molar-refractivity contribution >= 4 is 0 Å². The summed E-state index contributed by atoms with van der Waals surface area (Å²) in [4.78, 5) is 3.21. The van der Waals surface area contributed by atoms with Crippen molar-refractivity contribution in [3.8, 4) is 11.5 Å². The van der Waals surface area contributed by atoms with Crippen LogP contribution in [-0.2, 0) is 0 Å². The smallest absolute Gasteiger partial charge is 0.255 e. The average molecular weight is 143 g/mol. The lowest BCUT2D eigenvalue weighted by atomic mass is 10.4. The van der Waals surface area contributed by atoms with Gasteiger partial charge in [0.2, 0.25) is 0 Å². The minimum atomic E-state index is -0.888. The van der Waals surface area contributed by atoms with Crippen LogP contribution in [0.25, 0.3) is 0 Å². The van der Waals surface area contributed by atoms with Crippen molar-refractivity contribution in [3.63, 3.8) is 0 Å². The zero-order valence-electron chi connectivity index (χ0n) is 5.34. The quantitative estimate of drug-likeness (QED) is 0.595. The van der Waals surface area contributed by atoms with Crippen LogP contribution in [0.4, 0.5) is 4.39 Å². The van der Waals surface area contributed by atoms with Crippen molar-refractivity contribution in [2.75, 3.05) is 7.11 Å². The number of hydrogen-bond donors (Lipinski definition) is 1. The van der Waals surface area contributed by atoms with Crippen molar-refractivity contribution in [2.24, 2.45) is 0 Å². The van der Waals surface area contributed by atoms with E-state index >= 15 is 0 Å². The van der Waals surface area contributed by atoms with Crippen LogP contribution in [0, 0.1) is 5.95 Å². The summed E-state index contributed by atoms with van der Waals surface area (Å²) in [5, 5.41) is 8.71. The second-order valence-electron chi connectivity index (χ2n) is 1.69. The van der Waals surface area contributed by atoms with Crippen LogP contribution in [0.3, 0.4) is 0 Å². The van der Waals surface area contributed by atoms with Gasteiger partial charge in [-0.3, -0.25) is 0 Å². The molecular weight excluding hydrogens is 137 g/mol. The zero-order chi connectivity index (χ0) is 7.56. The van der Waals surface area contributed by atoms with Crippen LogP contribution in [0.5, 0.6) is 11.5 Å². The minimum Gasteiger partial charge on any atom is -0.504 e. The van der Waals surface area contributed by atoms with Crippen molar-refractivity contribution in [1.82, 2.24) is 4.98 Å². The molecule has 0 aliphatic carbocycles. The molecule has 0 spiro atoms. The molecule has 1 rings (SSSR count). The van der Waals surface area contributed by atoms with Gasteiger partial charge in [-0.25, -0.2) is 4.98 Å². The molecule has 0 saturated carbocycles. The average Bonchev–Trinajstić information content (AvgIpc) is 1.95.